The highest BCUT2D eigenvalue weighted by atomic mass is 32.1. The molecule has 3 heterocycles. The van der Waals surface area contributed by atoms with Gasteiger partial charge >= 0.3 is 0 Å². The molecule has 35 heavy (non-hydrogen) atoms. The molecule has 1 aliphatic heterocycles. The average Bonchev–Trinajstić information content (AvgIpc) is 3.64. The van der Waals surface area contributed by atoms with Crippen molar-refractivity contribution in [3.8, 4) is 45.7 Å². The number of hydrogen-bond acceptors (Lipinski definition) is 8. The van der Waals surface area contributed by atoms with Gasteiger partial charge in [0.05, 0.1) is 5.69 Å². The highest BCUT2D eigenvalue weighted by Gasteiger charge is 2.16. The number of hydrogen-bond donors (Lipinski definition) is 1. The monoisotopic (exact) mass is 482 g/mol. The number of thiazole rings is 1. The molecule has 172 valence electrons. The Kier molecular flexibility index (Phi) is 5.23. The van der Waals surface area contributed by atoms with Gasteiger partial charge in [-0.25, -0.2) is 4.98 Å². The van der Waals surface area contributed by atoms with Gasteiger partial charge in [-0.05, 0) is 61.5 Å². The summed E-state index contributed by atoms with van der Waals surface area (Å²) in [6.45, 7) is 2.23. The minimum absolute atomic E-state index is 0.219. The molecule has 1 aliphatic rings. The van der Waals surface area contributed by atoms with Crippen LogP contribution in [0.1, 0.15) is 15.9 Å². The lowest BCUT2D eigenvalue weighted by Crippen LogP contribution is -2.11. The van der Waals surface area contributed by atoms with Crippen LogP contribution in [0.15, 0.2) is 76.5 Å². The lowest BCUT2D eigenvalue weighted by atomic mass is 10.1. The van der Waals surface area contributed by atoms with E-state index in [1.807, 2.05) is 54.8 Å². The molecule has 9 heteroatoms. The molecule has 3 aromatic carbocycles. The molecule has 0 radical (unpaired) electrons. The Morgan fingerprint density at radius 3 is 2.49 bits per heavy atom. The highest BCUT2D eigenvalue weighted by Crippen LogP contribution is 2.36. The number of amides is 1. The van der Waals surface area contributed by atoms with E-state index in [0.29, 0.717) is 34.0 Å². The van der Waals surface area contributed by atoms with Crippen molar-refractivity contribution in [1.82, 2.24) is 15.2 Å². The maximum absolute atomic E-state index is 12.7. The Labute approximate surface area is 204 Å². The van der Waals surface area contributed by atoms with Crippen molar-refractivity contribution in [1.29, 1.82) is 0 Å². The molecule has 0 bridgehead atoms. The van der Waals surface area contributed by atoms with Crippen LogP contribution in [0.3, 0.4) is 0 Å². The molecule has 5 aromatic rings. The summed E-state index contributed by atoms with van der Waals surface area (Å²) in [5.74, 6) is 1.99. The molecule has 0 unspecified atom stereocenters. The van der Waals surface area contributed by atoms with E-state index >= 15 is 0 Å². The summed E-state index contributed by atoms with van der Waals surface area (Å²) >= 11 is 1.35. The third-order valence-electron chi connectivity index (χ3n) is 5.48. The molecular formula is C26H18N4O4S. The number of nitrogens with one attached hydrogen (secondary N) is 1. The molecule has 2 aromatic heterocycles. The third-order valence-corrected chi connectivity index (χ3v) is 6.23. The first-order chi connectivity index (χ1) is 17.1. The van der Waals surface area contributed by atoms with Crippen molar-refractivity contribution in [2.75, 3.05) is 12.1 Å². The second kappa shape index (κ2) is 8.69. The normalized spacial score (nSPS) is 12.0. The first-order valence-electron chi connectivity index (χ1n) is 10.8. The number of benzene rings is 3. The van der Waals surface area contributed by atoms with Crippen LogP contribution in [-0.2, 0) is 0 Å². The fraction of sp³-hybridized carbons (Fsp3) is 0.0769. The summed E-state index contributed by atoms with van der Waals surface area (Å²) in [7, 11) is 0. The molecular weight excluding hydrogens is 464 g/mol. The zero-order valence-corrected chi connectivity index (χ0v) is 19.3. The van der Waals surface area contributed by atoms with E-state index < -0.39 is 0 Å². The van der Waals surface area contributed by atoms with Crippen LogP contribution in [-0.4, -0.2) is 27.9 Å². The topological polar surface area (TPSA) is 99.4 Å². The number of aryl methyl sites for hydroxylation is 1. The summed E-state index contributed by atoms with van der Waals surface area (Å²) in [6, 6.07) is 20.5. The number of fused-ring (bicyclic) bond motifs is 1. The Hall–Kier alpha value is -4.50. The predicted octanol–water partition coefficient (Wildman–Crippen LogP) is 5.82. The minimum Gasteiger partial charge on any atom is -0.454 e. The van der Waals surface area contributed by atoms with Crippen molar-refractivity contribution in [3.63, 3.8) is 0 Å². The molecule has 0 saturated carbocycles. The van der Waals surface area contributed by atoms with Gasteiger partial charge in [0.1, 0.15) is 0 Å². The number of nitrogens with zero attached hydrogens (tertiary/aromatic N) is 3. The zero-order chi connectivity index (χ0) is 23.8. The van der Waals surface area contributed by atoms with E-state index in [-0.39, 0.29) is 12.7 Å². The van der Waals surface area contributed by atoms with Gasteiger partial charge in [-0.2, -0.15) is 0 Å². The van der Waals surface area contributed by atoms with Gasteiger partial charge in [0.25, 0.3) is 5.91 Å². The van der Waals surface area contributed by atoms with Crippen LogP contribution in [0.5, 0.6) is 11.5 Å². The number of carbonyl (C=O) groups excluding carboxylic acids is 1. The van der Waals surface area contributed by atoms with Gasteiger partial charge in [-0.1, -0.05) is 17.7 Å². The van der Waals surface area contributed by atoms with Gasteiger partial charge in [-0.15, -0.1) is 21.5 Å². The molecule has 0 aliphatic carbocycles. The Morgan fingerprint density at radius 1 is 0.886 bits per heavy atom. The lowest BCUT2D eigenvalue weighted by molar-refractivity contribution is 0.102. The summed E-state index contributed by atoms with van der Waals surface area (Å²) in [5.41, 5.74) is 4.84. The van der Waals surface area contributed by atoms with Crippen molar-refractivity contribution < 1.29 is 18.7 Å². The van der Waals surface area contributed by atoms with Gasteiger partial charge in [0, 0.05) is 27.6 Å². The molecule has 8 nitrogen and oxygen atoms in total. The number of rotatable bonds is 5. The Balaban J connectivity index is 1.15. The summed E-state index contributed by atoms with van der Waals surface area (Å²) in [5, 5.41) is 13.5. The average molecular weight is 483 g/mol. The largest absolute Gasteiger partial charge is 0.454 e. The molecule has 0 atom stereocenters. The van der Waals surface area contributed by atoms with Crippen molar-refractivity contribution in [2.45, 2.75) is 6.92 Å². The van der Waals surface area contributed by atoms with Crippen molar-refractivity contribution in [3.05, 3.63) is 83.2 Å². The molecule has 1 amide bonds. The quantitative estimate of drug-likeness (QED) is 0.337. The Morgan fingerprint density at radius 2 is 1.66 bits per heavy atom. The Bertz CT molecular complexity index is 1540. The fourth-order valence-electron chi connectivity index (χ4n) is 3.69. The summed E-state index contributed by atoms with van der Waals surface area (Å²) in [6.07, 6.45) is 0. The van der Waals surface area contributed by atoms with Crippen LogP contribution in [0.25, 0.3) is 34.2 Å². The second-order valence-corrected chi connectivity index (χ2v) is 8.78. The number of ether oxygens (including phenoxy) is 2. The zero-order valence-electron chi connectivity index (χ0n) is 18.5. The van der Waals surface area contributed by atoms with Gasteiger partial charge in [0.15, 0.2) is 16.6 Å². The third kappa shape index (κ3) is 4.24. The van der Waals surface area contributed by atoms with E-state index in [1.54, 1.807) is 24.3 Å². The molecule has 0 spiro atoms. The van der Waals surface area contributed by atoms with Crippen LogP contribution in [0.2, 0.25) is 0 Å². The molecule has 0 saturated heterocycles. The van der Waals surface area contributed by atoms with Gasteiger partial charge in [0.2, 0.25) is 18.6 Å². The minimum atomic E-state index is -0.255. The van der Waals surface area contributed by atoms with E-state index in [4.69, 9.17) is 13.9 Å². The second-order valence-electron chi connectivity index (χ2n) is 7.92. The fourth-order valence-corrected chi connectivity index (χ4v) is 4.40. The van der Waals surface area contributed by atoms with Crippen molar-refractivity contribution >= 4 is 22.4 Å². The number of anilines is 1. The van der Waals surface area contributed by atoms with E-state index in [1.165, 1.54) is 11.3 Å². The maximum Gasteiger partial charge on any atom is 0.257 e. The smallest absolute Gasteiger partial charge is 0.257 e. The van der Waals surface area contributed by atoms with E-state index in [0.717, 1.165) is 27.9 Å². The van der Waals surface area contributed by atoms with Crippen LogP contribution in [0.4, 0.5) is 5.13 Å². The maximum atomic E-state index is 12.7. The lowest BCUT2D eigenvalue weighted by Gasteiger charge is -2.03. The van der Waals surface area contributed by atoms with Crippen LogP contribution < -0.4 is 14.8 Å². The van der Waals surface area contributed by atoms with Crippen LogP contribution >= 0.6 is 11.3 Å². The van der Waals surface area contributed by atoms with Crippen LogP contribution in [0, 0.1) is 6.92 Å². The van der Waals surface area contributed by atoms with E-state index in [2.05, 4.69) is 20.5 Å². The predicted molar refractivity (Wildman–Crippen MR) is 132 cm³/mol. The molecule has 6 rings (SSSR count). The first kappa shape index (κ1) is 21.1. The number of aromatic nitrogens is 3. The molecule has 0 fully saturated rings. The summed E-state index contributed by atoms with van der Waals surface area (Å²) < 4.78 is 16.6. The molecule has 1 N–H and O–H groups in total. The summed E-state index contributed by atoms with van der Waals surface area (Å²) in [4.78, 5) is 17.3. The first-order valence-corrected chi connectivity index (χ1v) is 11.7. The van der Waals surface area contributed by atoms with E-state index in [9.17, 15) is 4.79 Å². The highest BCUT2D eigenvalue weighted by molar-refractivity contribution is 7.14. The van der Waals surface area contributed by atoms with Gasteiger partial charge < -0.3 is 13.9 Å². The van der Waals surface area contributed by atoms with Crippen molar-refractivity contribution in [2.24, 2.45) is 0 Å². The number of carbonyl (C=O) groups is 1. The van der Waals surface area contributed by atoms with Gasteiger partial charge in [-0.3, -0.25) is 10.1 Å². The standard InChI is InChI=1S/C26H18N4O4S/c1-15-3-2-4-19(11-15)25-30-29-24(34-25)17-7-5-16(6-8-17)23(31)28-26-27-20(13-35-26)18-9-10-21-22(12-18)33-14-32-21/h2-13H,14H2,1H3,(H,27,28,31). The SMILES string of the molecule is Cc1cccc(-c2nnc(-c3ccc(C(=O)Nc4nc(-c5ccc6c(c5)OCO6)cs4)cc3)o2)c1.